The number of aryl methyl sites for hydroxylation is 1. The first-order chi connectivity index (χ1) is 15.2. The van der Waals surface area contributed by atoms with E-state index in [1.165, 1.54) is 0 Å². The van der Waals surface area contributed by atoms with E-state index in [0.717, 1.165) is 41.6 Å². The van der Waals surface area contributed by atoms with Crippen molar-refractivity contribution in [3.05, 3.63) is 66.4 Å². The van der Waals surface area contributed by atoms with E-state index < -0.39 is 0 Å². The van der Waals surface area contributed by atoms with Crippen molar-refractivity contribution in [1.29, 1.82) is 0 Å². The maximum absolute atomic E-state index is 5.77. The number of rotatable bonds is 10. The standard InChI is InChI=1S/C23H30N6O2.HI/c1-4-24-23(28-20-7-5-8-21(15-20)31-14-6-13-30-3)27-17-19-9-10-22(26-16-19)29-12-11-25-18(29)2;/h5,7-12,15-16H,4,6,13-14,17H2,1-3H3,(H2,24,27,28);1H. The number of anilines is 1. The van der Waals surface area contributed by atoms with Crippen LogP contribution in [0.1, 0.15) is 24.7 Å². The fraction of sp³-hybridized carbons (Fsp3) is 0.348. The topological polar surface area (TPSA) is 85.6 Å². The molecule has 3 rings (SSSR count). The van der Waals surface area contributed by atoms with Gasteiger partial charge in [0.05, 0.1) is 13.2 Å². The van der Waals surface area contributed by atoms with E-state index in [-0.39, 0.29) is 24.0 Å². The van der Waals surface area contributed by atoms with Crippen molar-refractivity contribution < 1.29 is 9.47 Å². The van der Waals surface area contributed by atoms with Crippen LogP contribution in [0.15, 0.2) is 60.0 Å². The molecule has 0 radical (unpaired) electrons. The number of nitrogens with zero attached hydrogens (tertiary/aromatic N) is 4. The van der Waals surface area contributed by atoms with Gasteiger partial charge in [-0.3, -0.25) is 4.57 Å². The molecule has 0 bridgehead atoms. The summed E-state index contributed by atoms with van der Waals surface area (Å²) >= 11 is 0. The summed E-state index contributed by atoms with van der Waals surface area (Å²) in [6.07, 6.45) is 6.36. The second kappa shape index (κ2) is 13.7. The third-order valence-electron chi connectivity index (χ3n) is 4.50. The number of guanidine groups is 1. The largest absolute Gasteiger partial charge is 0.493 e. The number of pyridine rings is 1. The number of imidazole rings is 1. The van der Waals surface area contributed by atoms with E-state index in [0.29, 0.717) is 25.7 Å². The Kier molecular flexibility index (Phi) is 10.9. The number of ether oxygens (including phenoxy) is 2. The maximum atomic E-state index is 5.77. The molecule has 1 aromatic carbocycles. The maximum Gasteiger partial charge on any atom is 0.196 e. The van der Waals surface area contributed by atoms with E-state index >= 15 is 0 Å². The Morgan fingerprint density at radius 2 is 2.03 bits per heavy atom. The lowest BCUT2D eigenvalue weighted by Gasteiger charge is -2.13. The van der Waals surface area contributed by atoms with Gasteiger partial charge in [0.1, 0.15) is 17.4 Å². The molecular weight excluding hydrogens is 519 g/mol. The Morgan fingerprint density at radius 1 is 1.16 bits per heavy atom. The summed E-state index contributed by atoms with van der Waals surface area (Å²) in [6, 6.07) is 11.9. The van der Waals surface area contributed by atoms with Crippen LogP contribution >= 0.6 is 24.0 Å². The quantitative estimate of drug-likeness (QED) is 0.171. The first-order valence-corrected chi connectivity index (χ1v) is 10.4. The van der Waals surface area contributed by atoms with Crippen LogP contribution in [-0.2, 0) is 11.3 Å². The molecule has 0 saturated carbocycles. The number of aromatic nitrogens is 3. The average Bonchev–Trinajstić information content (AvgIpc) is 3.22. The average molecular weight is 550 g/mol. The lowest BCUT2D eigenvalue weighted by atomic mass is 10.3. The highest BCUT2D eigenvalue weighted by atomic mass is 127. The van der Waals surface area contributed by atoms with Gasteiger partial charge in [0.15, 0.2) is 5.96 Å². The zero-order valence-electron chi connectivity index (χ0n) is 18.7. The van der Waals surface area contributed by atoms with Crippen molar-refractivity contribution in [2.45, 2.75) is 26.8 Å². The number of methoxy groups -OCH3 is 1. The summed E-state index contributed by atoms with van der Waals surface area (Å²) in [4.78, 5) is 13.4. The smallest absolute Gasteiger partial charge is 0.196 e. The van der Waals surface area contributed by atoms with Gasteiger partial charge in [-0.1, -0.05) is 12.1 Å². The van der Waals surface area contributed by atoms with E-state index in [1.807, 2.05) is 67.2 Å². The first kappa shape index (κ1) is 25.6. The molecule has 32 heavy (non-hydrogen) atoms. The third-order valence-corrected chi connectivity index (χ3v) is 4.50. The molecule has 8 nitrogen and oxygen atoms in total. The number of hydrogen-bond acceptors (Lipinski definition) is 5. The molecule has 0 saturated heterocycles. The molecule has 3 aromatic rings. The predicted molar refractivity (Wildman–Crippen MR) is 138 cm³/mol. The fourth-order valence-electron chi connectivity index (χ4n) is 2.94. The van der Waals surface area contributed by atoms with Crippen molar-refractivity contribution >= 4 is 35.6 Å². The number of halogens is 1. The molecule has 2 aromatic heterocycles. The summed E-state index contributed by atoms with van der Waals surface area (Å²) in [5, 5.41) is 6.61. The minimum atomic E-state index is 0. The van der Waals surface area contributed by atoms with Crippen molar-refractivity contribution in [1.82, 2.24) is 19.9 Å². The predicted octanol–water partition coefficient (Wildman–Crippen LogP) is 4.19. The van der Waals surface area contributed by atoms with Crippen LogP contribution in [0, 0.1) is 6.92 Å². The Morgan fingerprint density at radius 3 is 2.72 bits per heavy atom. The molecule has 0 amide bonds. The minimum Gasteiger partial charge on any atom is -0.493 e. The Labute approximate surface area is 206 Å². The van der Waals surface area contributed by atoms with Gasteiger partial charge in [0.2, 0.25) is 0 Å². The number of nitrogens with one attached hydrogen (secondary N) is 2. The lowest BCUT2D eigenvalue weighted by Crippen LogP contribution is -2.30. The van der Waals surface area contributed by atoms with Gasteiger partial charge in [-0.15, -0.1) is 24.0 Å². The Hall–Kier alpha value is -2.66. The van der Waals surface area contributed by atoms with Gasteiger partial charge in [-0.2, -0.15) is 0 Å². The first-order valence-electron chi connectivity index (χ1n) is 10.4. The van der Waals surface area contributed by atoms with Gasteiger partial charge < -0.3 is 20.1 Å². The zero-order chi connectivity index (χ0) is 21.9. The van der Waals surface area contributed by atoms with Crippen molar-refractivity contribution in [3.8, 4) is 11.6 Å². The minimum absolute atomic E-state index is 0. The molecule has 0 unspecified atom stereocenters. The SMILES string of the molecule is CCNC(=NCc1ccc(-n2ccnc2C)nc1)Nc1cccc(OCCCOC)c1.I. The highest BCUT2D eigenvalue weighted by Crippen LogP contribution is 2.17. The van der Waals surface area contributed by atoms with E-state index in [9.17, 15) is 0 Å². The summed E-state index contributed by atoms with van der Waals surface area (Å²) in [6.45, 7) is 6.57. The van der Waals surface area contributed by atoms with Crippen LogP contribution in [0.5, 0.6) is 5.75 Å². The second-order valence-electron chi connectivity index (χ2n) is 6.91. The van der Waals surface area contributed by atoms with Gasteiger partial charge in [0.25, 0.3) is 0 Å². The third kappa shape index (κ3) is 7.79. The van der Waals surface area contributed by atoms with Gasteiger partial charge in [-0.05, 0) is 37.6 Å². The van der Waals surface area contributed by atoms with E-state index in [1.54, 1.807) is 13.3 Å². The summed E-state index contributed by atoms with van der Waals surface area (Å²) in [7, 11) is 1.69. The Balaban J connectivity index is 0.00000363. The molecule has 9 heteroatoms. The molecule has 0 atom stereocenters. The highest BCUT2D eigenvalue weighted by molar-refractivity contribution is 14.0. The van der Waals surface area contributed by atoms with Crippen molar-refractivity contribution in [3.63, 3.8) is 0 Å². The van der Waals surface area contributed by atoms with Crippen LogP contribution in [0.25, 0.3) is 5.82 Å². The van der Waals surface area contributed by atoms with E-state index in [4.69, 9.17) is 9.47 Å². The highest BCUT2D eigenvalue weighted by Gasteiger charge is 2.04. The number of aliphatic imine (C=N–C) groups is 1. The lowest BCUT2D eigenvalue weighted by molar-refractivity contribution is 0.172. The number of benzene rings is 1. The molecule has 0 spiro atoms. The van der Waals surface area contributed by atoms with Crippen molar-refractivity contribution in [2.75, 3.05) is 32.2 Å². The molecule has 0 aliphatic carbocycles. The number of hydrogen-bond donors (Lipinski definition) is 2. The Bertz CT molecular complexity index is 975. The van der Waals surface area contributed by atoms with Gasteiger partial charge in [0, 0.05) is 57.0 Å². The van der Waals surface area contributed by atoms with Gasteiger partial charge >= 0.3 is 0 Å². The van der Waals surface area contributed by atoms with E-state index in [2.05, 4.69) is 25.6 Å². The summed E-state index contributed by atoms with van der Waals surface area (Å²) in [5.74, 6) is 3.26. The van der Waals surface area contributed by atoms with Crippen LogP contribution < -0.4 is 15.4 Å². The van der Waals surface area contributed by atoms with Crippen LogP contribution in [0.2, 0.25) is 0 Å². The molecule has 0 aliphatic rings. The molecule has 2 heterocycles. The second-order valence-corrected chi connectivity index (χ2v) is 6.91. The molecule has 0 fully saturated rings. The molecule has 172 valence electrons. The van der Waals surface area contributed by atoms with Crippen LogP contribution in [-0.4, -0.2) is 47.4 Å². The summed E-state index contributed by atoms with van der Waals surface area (Å²) in [5.41, 5.74) is 1.93. The van der Waals surface area contributed by atoms with Crippen molar-refractivity contribution in [2.24, 2.45) is 4.99 Å². The normalized spacial score (nSPS) is 11.0. The molecule has 2 N–H and O–H groups in total. The molecule has 0 aliphatic heterocycles. The molecular formula is C23H31IN6O2. The monoisotopic (exact) mass is 550 g/mol. The zero-order valence-corrected chi connectivity index (χ0v) is 21.1. The van der Waals surface area contributed by atoms with Crippen LogP contribution in [0.4, 0.5) is 5.69 Å². The van der Waals surface area contributed by atoms with Crippen LogP contribution in [0.3, 0.4) is 0 Å². The summed E-state index contributed by atoms with van der Waals surface area (Å²) < 4.78 is 12.8. The van der Waals surface area contributed by atoms with Gasteiger partial charge in [-0.25, -0.2) is 15.0 Å². The fourth-order valence-corrected chi connectivity index (χ4v) is 2.94.